The van der Waals surface area contributed by atoms with Crippen LogP contribution in [0.15, 0.2) is 30.3 Å². The molecule has 96 valence electrons. The predicted molar refractivity (Wildman–Crippen MR) is 79.7 cm³/mol. The van der Waals surface area contributed by atoms with Gasteiger partial charge in [-0.1, -0.05) is 66.3 Å². The van der Waals surface area contributed by atoms with E-state index in [-0.39, 0.29) is 6.10 Å². The molecule has 0 spiro atoms. The molecule has 0 bridgehead atoms. The summed E-state index contributed by atoms with van der Waals surface area (Å²) < 4.78 is 12.3. The minimum atomic E-state index is 0.187. The van der Waals surface area contributed by atoms with E-state index in [4.69, 9.17) is 9.47 Å². The van der Waals surface area contributed by atoms with Crippen molar-refractivity contribution in [3.63, 3.8) is 0 Å². The number of halogens is 1. The number of rotatable bonds is 9. The van der Waals surface area contributed by atoms with Gasteiger partial charge in [0, 0.05) is 11.0 Å². The first-order valence-electron chi connectivity index (χ1n) is 6.18. The maximum Gasteiger partial charge on any atom is 0.0915 e. The predicted octanol–water partition coefficient (Wildman–Crippen LogP) is 4.00. The van der Waals surface area contributed by atoms with E-state index < -0.39 is 0 Å². The van der Waals surface area contributed by atoms with E-state index in [0.29, 0.717) is 13.2 Å². The van der Waals surface area contributed by atoms with Crippen molar-refractivity contribution in [1.82, 2.24) is 0 Å². The average Bonchev–Trinajstić information content (AvgIpc) is 2.39. The van der Waals surface area contributed by atoms with Gasteiger partial charge in [0.25, 0.3) is 0 Å². The van der Waals surface area contributed by atoms with Gasteiger partial charge in [-0.15, -0.1) is 0 Å². The molecule has 1 aromatic carbocycles. The summed E-state index contributed by atoms with van der Waals surface area (Å²) in [5, 5.41) is 0. The van der Waals surface area contributed by atoms with Crippen LogP contribution in [0.2, 0.25) is 0 Å². The molecule has 0 saturated carbocycles. The van der Waals surface area contributed by atoms with Crippen molar-refractivity contribution in [2.45, 2.75) is 25.9 Å². The van der Waals surface area contributed by atoms with Crippen LogP contribution in [0.5, 0.6) is 0 Å². The zero-order valence-electron chi connectivity index (χ0n) is 10.4. The van der Waals surface area contributed by atoms with Crippen LogP contribution in [0.3, 0.4) is 0 Å². The fraction of sp³-hybridized carbons (Fsp3) is 0.571. The Morgan fingerprint density at radius 2 is 1.88 bits per heavy atom. The fourth-order valence-corrected chi connectivity index (χ4v) is 2.26. The van der Waals surface area contributed by atoms with E-state index >= 15 is 0 Å². The summed E-state index contributed by atoms with van der Waals surface area (Å²) in [6.07, 6.45) is 2.50. The van der Waals surface area contributed by atoms with Gasteiger partial charge in [-0.05, 0) is 12.0 Å². The Morgan fingerprint density at radius 1 is 1.12 bits per heavy atom. The summed E-state index contributed by atoms with van der Waals surface area (Å²) in [6.45, 7) is 4.38. The second-order valence-electron chi connectivity index (χ2n) is 3.89. The van der Waals surface area contributed by atoms with Gasteiger partial charge in [-0.2, -0.15) is 0 Å². The quantitative estimate of drug-likeness (QED) is 0.382. The molecule has 1 unspecified atom stereocenters. The standard InChI is InChI=1S/C14H21IO2/c1-2-3-9-16-10-11-17-14(12-15)13-7-5-4-6-8-13/h4-8,14H,2-3,9-12H2,1H3. The second-order valence-corrected chi connectivity index (χ2v) is 4.77. The van der Waals surface area contributed by atoms with Crippen LogP contribution < -0.4 is 0 Å². The Kier molecular flexibility index (Phi) is 8.65. The Morgan fingerprint density at radius 3 is 2.53 bits per heavy atom. The van der Waals surface area contributed by atoms with Crippen molar-refractivity contribution in [1.29, 1.82) is 0 Å². The highest BCUT2D eigenvalue weighted by Crippen LogP contribution is 2.19. The van der Waals surface area contributed by atoms with Crippen molar-refractivity contribution in [3.8, 4) is 0 Å². The van der Waals surface area contributed by atoms with Crippen molar-refractivity contribution in [2.24, 2.45) is 0 Å². The smallest absolute Gasteiger partial charge is 0.0915 e. The first kappa shape index (κ1) is 14.9. The van der Waals surface area contributed by atoms with Gasteiger partial charge < -0.3 is 9.47 Å². The lowest BCUT2D eigenvalue weighted by Crippen LogP contribution is -2.11. The monoisotopic (exact) mass is 348 g/mol. The van der Waals surface area contributed by atoms with Crippen molar-refractivity contribution < 1.29 is 9.47 Å². The van der Waals surface area contributed by atoms with Gasteiger partial charge in [0.2, 0.25) is 0 Å². The molecule has 0 fully saturated rings. The molecule has 0 amide bonds. The molecule has 0 N–H and O–H groups in total. The van der Waals surface area contributed by atoms with Crippen LogP contribution in [0.25, 0.3) is 0 Å². The average molecular weight is 348 g/mol. The molecule has 0 aliphatic carbocycles. The number of ether oxygens (including phenoxy) is 2. The van der Waals surface area contributed by atoms with Gasteiger partial charge >= 0.3 is 0 Å². The summed E-state index contributed by atoms with van der Waals surface area (Å²) in [4.78, 5) is 0. The molecule has 0 aliphatic heterocycles. The third-order valence-corrected chi connectivity index (χ3v) is 3.30. The van der Waals surface area contributed by atoms with E-state index in [1.165, 1.54) is 12.0 Å². The van der Waals surface area contributed by atoms with Gasteiger partial charge in [0.05, 0.1) is 19.3 Å². The summed E-state index contributed by atoms with van der Waals surface area (Å²) in [5.41, 5.74) is 1.25. The van der Waals surface area contributed by atoms with Crippen molar-refractivity contribution >= 4 is 22.6 Å². The lowest BCUT2D eigenvalue weighted by molar-refractivity contribution is 0.0139. The lowest BCUT2D eigenvalue weighted by atomic mass is 10.1. The molecule has 0 heterocycles. The molecule has 1 aromatic rings. The van der Waals surface area contributed by atoms with Gasteiger partial charge in [-0.3, -0.25) is 0 Å². The first-order valence-corrected chi connectivity index (χ1v) is 7.71. The maximum atomic E-state index is 5.83. The van der Waals surface area contributed by atoms with Crippen LogP contribution in [0, 0.1) is 0 Å². The lowest BCUT2D eigenvalue weighted by Gasteiger charge is -2.15. The molecule has 0 radical (unpaired) electrons. The number of benzene rings is 1. The highest BCUT2D eigenvalue weighted by atomic mass is 127. The number of alkyl halides is 1. The topological polar surface area (TPSA) is 18.5 Å². The van der Waals surface area contributed by atoms with Gasteiger partial charge in [-0.25, -0.2) is 0 Å². The third-order valence-electron chi connectivity index (χ3n) is 2.50. The van der Waals surface area contributed by atoms with E-state index in [9.17, 15) is 0 Å². The van der Waals surface area contributed by atoms with Crippen LogP contribution >= 0.6 is 22.6 Å². The molecule has 3 heteroatoms. The molecule has 1 rings (SSSR count). The van der Waals surface area contributed by atoms with Crippen LogP contribution in [0.1, 0.15) is 31.4 Å². The molecular weight excluding hydrogens is 327 g/mol. The summed E-state index contributed by atoms with van der Waals surface area (Å²) >= 11 is 2.36. The van der Waals surface area contributed by atoms with Gasteiger partial charge in [0.1, 0.15) is 0 Å². The highest BCUT2D eigenvalue weighted by Gasteiger charge is 2.09. The fourth-order valence-electron chi connectivity index (χ4n) is 1.50. The molecule has 0 saturated heterocycles. The van der Waals surface area contributed by atoms with Crippen LogP contribution in [-0.4, -0.2) is 24.2 Å². The zero-order chi connectivity index (χ0) is 12.3. The van der Waals surface area contributed by atoms with Crippen molar-refractivity contribution in [2.75, 3.05) is 24.2 Å². The largest absolute Gasteiger partial charge is 0.379 e. The number of unbranched alkanes of at least 4 members (excludes halogenated alkanes) is 1. The third kappa shape index (κ3) is 6.38. The normalized spacial score (nSPS) is 12.6. The Labute approximate surface area is 118 Å². The summed E-state index contributed by atoms with van der Waals surface area (Å²) in [7, 11) is 0. The minimum Gasteiger partial charge on any atom is -0.379 e. The second kappa shape index (κ2) is 9.85. The molecule has 17 heavy (non-hydrogen) atoms. The van der Waals surface area contributed by atoms with E-state index in [1.807, 2.05) is 6.07 Å². The number of hydrogen-bond donors (Lipinski definition) is 0. The van der Waals surface area contributed by atoms with Crippen LogP contribution in [0.4, 0.5) is 0 Å². The molecule has 1 atom stereocenters. The Hall–Kier alpha value is -0.130. The molecular formula is C14H21IO2. The summed E-state index contributed by atoms with van der Waals surface area (Å²) in [5.74, 6) is 0. The van der Waals surface area contributed by atoms with E-state index in [2.05, 4.69) is 53.8 Å². The SMILES string of the molecule is CCCCOCCOC(CI)c1ccccc1. The Balaban J connectivity index is 2.20. The summed E-state index contributed by atoms with van der Waals surface area (Å²) in [6, 6.07) is 10.4. The van der Waals surface area contributed by atoms with Crippen molar-refractivity contribution in [3.05, 3.63) is 35.9 Å². The maximum absolute atomic E-state index is 5.83. The highest BCUT2D eigenvalue weighted by molar-refractivity contribution is 14.1. The molecule has 2 nitrogen and oxygen atoms in total. The van der Waals surface area contributed by atoms with E-state index in [1.54, 1.807) is 0 Å². The van der Waals surface area contributed by atoms with Crippen LogP contribution in [-0.2, 0) is 9.47 Å². The van der Waals surface area contributed by atoms with E-state index in [0.717, 1.165) is 17.5 Å². The molecule has 0 aliphatic rings. The number of hydrogen-bond acceptors (Lipinski definition) is 2. The zero-order valence-corrected chi connectivity index (χ0v) is 12.6. The Bertz CT molecular complexity index is 277. The minimum absolute atomic E-state index is 0.187. The van der Waals surface area contributed by atoms with Gasteiger partial charge in [0.15, 0.2) is 0 Å². The first-order chi connectivity index (χ1) is 8.38. The molecule has 0 aromatic heterocycles.